The van der Waals surface area contributed by atoms with Crippen LogP contribution in [0.4, 0.5) is 0 Å². The van der Waals surface area contributed by atoms with Crippen LogP contribution in [0.2, 0.25) is 0 Å². The highest BCUT2D eigenvalue weighted by Gasteiger charge is 2.50. The lowest BCUT2D eigenvalue weighted by molar-refractivity contribution is -0.131. The standard InChI is InChI=1S/C21H25N3O2/c1-3-26-17-6-4-15(5-7-17)16-9-12-22-19(14-16)18-8-10-21(23-18)11-13-24(2)20(21)25/h4-7,9,12,14,18,23H,3,8,10-11,13H2,1-2H3/t18-,21-/m1/s1. The largest absolute Gasteiger partial charge is 0.494 e. The van der Waals surface area contributed by atoms with Crippen molar-refractivity contribution >= 4 is 5.91 Å². The normalized spacial score (nSPS) is 25.2. The van der Waals surface area contributed by atoms with E-state index in [9.17, 15) is 4.79 Å². The maximum atomic E-state index is 12.5. The lowest BCUT2D eigenvalue weighted by Gasteiger charge is -2.23. The van der Waals surface area contributed by atoms with Gasteiger partial charge in [0, 0.05) is 19.8 Å². The van der Waals surface area contributed by atoms with Gasteiger partial charge in [-0.05, 0) is 61.6 Å². The van der Waals surface area contributed by atoms with Gasteiger partial charge in [-0.15, -0.1) is 0 Å². The number of pyridine rings is 1. The van der Waals surface area contributed by atoms with Crippen molar-refractivity contribution in [1.82, 2.24) is 15.2 Å². The van der Waals surface area contributed by atoms with Crippen LogP contribution in [0.5, 0.6) is 5.75 Å². The van der Waals surface area contributed by atoms with E-state index >= 15 is 0 Å². The number of rotatable bonds is 4. The van der Waals surface area contributed by atoms with E-state index < -0.39 is 0 Å². The zero-order valence-corrected chi connectivity index (χ0v) is 15.4. The van der Waals surface area contributed by atoms with Gasteiger partial charge in [0.2, 0.25) is 5.91 Å². The molecule has 0 unspecified atom stereocenters. The van der Waals surface area contributed by atoms with Gasteiger partial charge in [0.25, 0.3) is 0 Å². The van der Waals surface area contributed by atoms with Crippen LogP contribution >= 0.6 is 0 Å². The maximum Gasteiger partial charge on any atom is 0.242 e. The molecule has 136 valence electrons. The summed E-state index contributed by atoms with van der Waals surface area (Å²) in [6, 6.07) is 12.4. The highest BCUT2D eigenvalue weighted by molar-refractivity contribution is 5.88. The van der Waals surface area contributed by atoms with Crippen LogP contribution in [0.1, 0.15) is 37.9 Å². The molecular formula is C21H25N3O2. The molecule has 1 aromatic heterocycles. The van der Waals surface area contributed by atoms with Crippen molar-refractivity contribution in [1.29, 1.82) is 0 Å². The SMILES string of the molecule is CCOc1ccc(-c2ccnc([C@H]3CC[C@]4(CCN(C)C4=O)N3)c2)cc1. The van der Waals surface area contributed by atoms with E-state index in [1.54, 1.807) is 0 Å². The predicted molar refractivity (Wildman–Crippen MR) is 101 cm³/mol. The molecule has 5 nitrogen and oxygen atoms in total. The third kappa shape index (κ3) is 2.97. The first-order valence-corrected chi connectivity index (χ1v) is 9.34. The first-order chi connectivity index (χ1) is 12.6. The molecule has 2 aliphatic rings. The van der Waals surface area contributed by atoms with E-state index in [0.29, 0.717) is 6.61 Å². The molecule has 1 amide bonds. The Morgan fingerprint density at radius 2 is 2.04 bits per heavy atom. The van der Waals surface area contributed by atoms with Crippen LogP contribution in [0.15, 0.2) is 42.6 Å². The molecule has 1 aromatic carbocycles. The fourth-order valence-corrected chi connectivity index (χ4v) is 4.12. The van der Waals surface area contributed by atoms with Crippen LogP contribution in [0.25, 0.3) is 11.1 Å². The second kappa shape index (κ2) is 6.72. The second-order valence-electron chi connectivity index (χ2n) is 7.22. The Morgan fingerprint density at radius 3 is 2.73 bits per heavy atom. The summed E-state index contributed by atoms with van der Waals surface area (Å²) < 4.78 is 5.52. The number of carbonyl (C=O) groups excluding carboxylic acids is 1. The summed E-state index contributed by atoms with van der Waals surface area (Å²) in [5.41, 5.74) is 2.91. The summed E-state index contributed by atoms with van der Waals surface area (Å²) in [6.45, 7) is 3.48. The van der Waals surface area contributed by atoms with Crippen molar-refractivity contribution in [3.63, 3.8) is 0 Å². The molecule has 1 N–H and O–H groups in total. The molecule has 1 spiro atoms. The van der Waals surface area contributed by atoms with Crippen LogP contribution in [0.3, 0.4) is 0 Å². The van der Waals surface area contributed by atoms with Crippen LogP contribution < -0.4 is 10.1 Å². The molecule has 4 rings (SSSR count). The molecule has 0 bridgehead atoms. The summed E-state index contributed by atoms with van der Waals surface area (Å²) in [7, 11) is 1.89. The van der Waals surface area contributed by atoms with Gasteiger partial charge in [-0.1, -0.05) is 12.1 Å². The number of likely N-dealkylation sites (tertiary alicyclic amines) is 1. The van der Waals surface area contributed by atoms with E-state index in [2.05, 4.69) is 28.5 Å². The number of carbonyl (C=O) groups is 1. The Morgan fingerprint density at radius 1 is 1.23 bits per heavy atom. The van der Waals surface area contributed by atoms with Crippen molar-refractivity contribution in [3.8, 4) is 16.9 Å². The van der Waals surface area contributed by atoms with Crippen molar-refractivity contribution in [2.45, 2.75) is 37.8 Å². The maximum absolute atomic E-state index is 12.5. The Labute approximate surface area is 154 Å². The van der Waals surface area contributed by atoms with Gasteiger partial charge in [0.15, 0.2) is 0 Å². The smallest absolute Gasteiger partial charge is 0.242 e. The zero-order valence-electron chi connectivity index (χ0n) is 15.4. The number of benzene rings is 1. The summed E-state index contributed by atoms with van der Waals surface area (Å²) in [5, 5.41) is 3.59. The third-order valence-corrected chi connectivity index (χ3v) is 5.58. The average Bonchev–Trinajstić information content (AvgIpc) is 3.23. The molecule has 2 aromatic rings. The highest BCUT2D eigenvalue weighted by Crippen LogP contribution is 2.39. The number of nitrogens with one attached hydrogen (secondary N) is 1. The topological polar surface area (TPSA) is 54.5 Å². The van der Waals surface area contributed by atoms with E-state index in [1.807, 2.05) is 43.3 Å². The van der Waals surface area contributed by atoms with Crippen LogP contribution in [-0.2, 0) is 4.79 Å². The zero-order chi connectivity index (χ0) is 18.1. The number of amides is 1. The average molecular weight is 351 g/mol. The van der Waals surface area contributed by atoms with Crippen molar-refractivity contribution in [2.75, 3.05) is 20.2 Å². The van der Waals surface area contributed by atoms with Gasteiger partial charge < -0.3 is 9.64 Å². The molecule has 0 aliphatic carbocycles. The van der Waals surface area contributed by atoms with Gasteiger partial charge in [-0.3, -0.25) is 15.1 Å². The Kier molecular flexibility index (Phi) is 4.41. The Hall–Kier alpha value is -2.40. The van der Waals surface area contributed by atoms with Crippen molar-refractivity contribution in [2.24, 2.45) is 0 Å². The minimum atomic E-state index is -0.379. The summed E-state index contributed by atoms with van der Waals surface area (Å²) in [5.74, 6) is 1.11. The number of hydrogen-bond donors (Lipinski definition) is 1. The molecule has 2 atom stereocenters. The number of likely N-dealkylation sites (N-methyl/N-ethyl adjacent to an activating group) is 1. The number of hydrogen-bond acceptors (Lipinski definition) is 4. The van der Waals surface area contributed by atoms with E-state index in [-0.39, 0.29) is 17.5 Å². The molecule has 2 fully saturated rings. The first kappa shape index (κ1) is 17.0. The van der Waals surface area contributed by atoms with Crippen molar-refractivity contribution in [3.05, 3.63) is 48.3 Å². The molecule has 3 heterocycles. The minimum Gasteiger partial charge on any atom is -0.494 e. The third-order valence-electron chi connectivity index (χ3n) is 5.58. The van der Waals surface area contributed by atoms with E-state index in [1.165, 1.54) is 0 Å². The predicted octanol–water partition coefficient (Wildman–Crippen LogP) is 3.17. The molecule has 2 saturated heterocycles. The fourth-order valence-electron chi connectivity index (χ4n) is 4.12. The fraction of sp³-hybridized carbons (Fsp3) is 0.429. The van der Waals surface area contributed by atoms with Gasteiger partial charge in [-0.25, -0.2) is 0 Å². The number of aromatic nitrogens is 1. The molecule has 5 heteroatoms. The van der Waals surface area contributed by atoms with Crippen molar-refractivity contribution < 1.29 is 9.53 Å². The first-order valence-electron chi connectivity index (χ1n) is 9.34. The molecular weight excluding hydrogens is 326 g/mol. The van der Waals surface area contributed by atoms with Crippen LogP contribution in [0, 0.1) is 0 Å². The molecule has 2 aliphatic heterocycles. The second-order valence-corrected chi connectivity index (χ2v) is 7.22. The minimum absolute atomic E-state index is 0.132. The lowest BCUT2D eigenvalue weighted by Crippen LogP contribution is -2.47. The quantitative estimate of drug-likeness (QED) is 0.919. The molecule has 26 heavy (non-hydrogen) atoms. The number of nitrogens with zero attached hydrogens (tertiary/aromatic N) is 2. The van der Waals surface area contributed by atoms with Gasteiger partial charge in [-0.2, -0.15) is 0 Å². The molecule has 0 radical (unpaired) electrons. The van der Waals surface area contributed by atoms with E-state index in [4.69, 9.17) is 4.74 Å². The van der Waals surface area contributed by atoms with Crippen LogP contribution in [-0.4, -0.2) is 41.5 Å². The van der Waals surface area contributed by atoms with Gasteiger partial charge >= 0.3 is 0 Å². The van der Waals surface area contributed by atoms with Gasteiger partial charge in [0.05, 0.1) is 18.3 Å². The summed E-state index contributed by atoms with van der Waals surface area (Å²) >= 11 is 0. The lowest BCUT2D eigenvalue weighted by atomic mass is 9.96. The Balaban J connectivity index is 1.54. The van der Waals surface area contributed by atoms with E-state index in [0.717, 1.165) is 48.4 Å². The Bertz CT molecular complexity index is 805. The summed E-state index contributed by atoms with van der Waals surface area (Å²) in [4.78, 5) is 18.9. The highest BCUT2D eigenvalue weighted by atomic mass is 16.5. The summed E-state index contributed by atoms with van der Waals surface area (Å²) in [6.07, 6.45) is 4.57. The van der Waals surface area contributed by atoms with Gasteiger partial charge in [0.1, 0.15) is 11.3 Å². The molecule has 0 saturated carbocycles. The number of ether oxygens (including phenoxy) is 1. The monoisotopic (exact) mass is 351 g/mol.